The van der Waals surface area contributed by atoms with Crippen LogP contribution < -0.4 is 5.73 Å². The van der Waals surface area contributed by atoms with Crippen molar-refractivity contribution in [2.45, 2.75) is 70.5 Å². The normalized spacial score (nSPS) is 13.4. The van der Waals surface area contributed by atoms with Gasteiger partial charge in [0.05, 0.1) is 11.7 Å². The average molecular weight is 293 g/mol. The molecule has 0 aliphatic rings. The van der Waals surface area contributed by atoms with E-state index < -0.39 is 11.7 Å². The fraction of sp³-hybridized carbons (Fsp3) is 0.667. The van der Waals surface area contributed by atoms with Crippen LogP contribution in [0.5, 0.6) is 0 Å². The Morgan fingerprint density at radius 2 is 1.81 bits per heavy atom. The molecular weight excluding hydrogens is 262 g/mol. The summed E-state index contributed by atoms with van der Waals surface area (Å²) in [4.78, 5) is 0. The van der Waals surface area contributed by atoms with Crippen molar-refractivity contribution in [3.05, 3.63) is 35.4 Å². The first-order chi connectivity index (χ1) is 10.0. The number of aliphatic hydroxyl groups excluding tert-OH is 1. The van der Waals surface area contributed by atoms with E-state index in [9.17, 15) is 10.2 Å². The predicted molar refractivity (Wildman–Crippen MR) is 88.2 cm³/mol. The minimum absolute atomic E-state index is 0.484. The van der Waals surface area contributed by atoms with E-state index >= 15 is 0 Å². The van der Waals surface area contributed by atoms with Crippen molar-refractivity contribution in [1.82, 2.24) is 0 Å². The highest BCUT2D eigenvalue weighted by atomic mass is 16.3. The lowest BCUT2D eigenvalue weighted by molar-refractivity contribution is 0.0132. The number of hydrogen-bond donors (Lipinski definition) is 3. The summed E-state index contributed by atoms with van der Waals surface area (Å²) >= 11 is 0. The molecule has 3 heteroatoms. The van der Waals surface area contributed by atoms with E-state index in [1.165, 1.54) is 5.56 Å². The van der Waals surface area contributed by atoms with Gasteiger partial charge in [-0.1, -0.05) is 51.0 Å². The van der Waals surface area contributed by atoms with Gasteiger partial charge in [0.15, 0.2) is 0 Å². The molecule has 0 spiro atoms. The lowest BCUT2D eigenvalue weighted by Gasteiger charge is -2.27. The summed E-state index contributed by atoms with van der Waals surface area (Å²) in [6, 6.07) is 8.02. The van der Waals surface area contributed by atoms with Crippen LogP contribution in [-0.4, -0.2) is 22.4 Å². The molecule has 0 amide bonds. The molecule has 0 aliphatic heterocycles. The summed E-state index contributed by atoms with van der Waals surface area (Å²) in [6.07, 6.45) is 5.45. The molecule has 0 bridgehead atoms. The van der Waals surface area contributed by atoms with Crippen molar-refractivity contribution in [3.63, 3.8) is 0 Å². The maximum atomic E-state index is 10.7. The first-order valence-electron chi connectivity index (χ1n) is 8.24. The molecule has 0 aliphatic carbocycles. The Balaban J connectivity index is 2.67. The molecule has 0 saturated heterocycles. The fourth-order valence-electron chi connectivity index (χ4n) is 2.96. The van der Waals surface area contributed by atoms with E-state index in [2.05, 4.69) is 19.9 Å². The van der Waals surface area contributed by atoms with Gasteiger partial charge < -0.3 is 15.9 Å². The molecule has 4 N–H and O–H groups in total. The summed E-state index contributed by atoms with van der Waals surface area (Å²) in [7, 11) is 0. The summed E-state index contributed by atoms with van der Waals surface area (Å²) in [5.74, 6) is 0. The van der Waals surface area contributed by atoms with Gasteiger partial charge in [0.2, 0.25) is 0 Å². The zero-order chi connectivity index (χ0) is 15.7. The quantitative estimate of drug-likeness (QED) is 0.620. The molecule has 0 saturated carbocycles. The molecule has 1 rings (SSSR count). The zero-order valence-corrected chi connectivity index (χ0v) is 13.5. The Kier molecular flexibility index (Phi) is 7.94. The molecule has 21 heavy (non-hydrogen) atoms. The summed E-state index contributed by atoms with van der Waals surface area (Å²) in [6.45, 7) is 4.72. The second kappa shape index (κ2) is 9.19. The van der Waals surface area contributed by atoms with Crippen LogP contribution in [0.15, 0.2) is 24.3 Å². The number of benzene rings is 1. The number of aryl methyl sites for hydroxylation is 1. The molecule has 120 valence electrons. The van der Waals surface area contributed by atoms with Crippen molar-refractivity contribution in [3.8, 4) is 0 Å². The topological polar surface area (TPSA) is 66.5 Å². The summed E-state index contributed by atoms with van der Waals surface area (Å²) < 4.78 is 0. The smallest absolute Gasteiger partial charge is 0.0802 e. The molecule has 0 fully saturated rings. The minimum atomic E-state index is -0.546. The van der Waals surface area contributed by atoms with Crippen LogP contribution in [0.1, 0.15) is 69.6 Å². The first kappa shape index (κ1) is 18.1. The Morgan fingerprint density at radius 3 is 2.38 bits per heavy atom. The average Bonchev–Trinajstić information content (AvgIpc) is 2.46. The van der Waals surface area contributed by atoms with Crippen molar-refractivity contribution in [2.75, 3.05) is 6.54 Å². The lowest BCUT2D eigenvalue weighted by Crippen LogP contribution is -2.28. The number of aliphatic hydroxyl groups is 2. The summed E-state index contributed by atoms with van der Waals surface area (Å²) in [5, 5.41) is 20.7. The van der Waals surface area contributed by atoms with Crippen LogP contribution in [0.25, 0.3) is 0 Å². The van der Waals surface area contributed by atoms with E-state index in [1.54, 1.807) is 0 Å². The molecule has 1 aromatic carbocycles. The molecule has 0 unspecified atom stereocenters. The van der Waals surface area contributed by atoms with Crippen LogP contribution in [0.2, 0.25) is 0 Å². The fourth-order valence-corrected chi connectivity index (χ4v) is 2.96. The van der Waals surface area contributed by atoms with E-state index in [0.29, 0.717) is 13.0 Å². The maximum absolute atomic E-state index is 10.7. The van der Waals surface area contributed by atoms with E-state index in [4.69, 9.17) is 5.73 Å². The Labute approximate surface area is 129 Å². The molecule has 3 nitrogen and oxygen atoms in total. The van der Waals surface area contributed by atoms with Gasteiger partial charge in [-0.2, -0.15) is 0 Å². The van der Waals surface area contributed by atoms with Gasteiger partial charge in [-0.3, -0.25) is 0 Å². The highest BCUT2D eigenvalue weighted by Crippen LogP contribution is 2.26. The standard InChI is InChI=1S/C18H31NO2/c1-3-10-18(21,11-4-2)12-8-15-6-5-7-16(14-15)17(20)9-13-19/h5-7,14,17,20-21H,3-4,8-13,19H2,1-2H3/t17-/m0/s1. The van der Waals surface area contributed by atoms with Crippen molar-refractivity contribution in [1.29, 1.82) is 0 Å². The largest absolute Gasteiger partial charge is 0.390 e. The predicted octanol–water partition coefficient (Wildman–Crippen LogP) is 3.33. The number of nitrogens with two attached hydrogens (primary N) is 1. The minimum Gasteiger partial charge on any atom is -0.390 e. The van der Waals surface area contributed by atoms with Gasteiger partial charge in [-0.05, 0) is 49.8 Å². The highest BCUT2D eigenvalue weighted by molar-refractivity contribution is 5.25. The van der Waals surface area contributed by atoms with Gasteiger partial charge in [0.25, 0.3) is 0 Å². The Morgan fingerprint density at radius 1 is 1.14 bits per heavy atom. The molecule has 0 heterocycles. The second-order valence-corrected chi connectivity index (χ2v) is 6.06. The number of rotatable bonds is 10. The van der Waals surface area contributed by atoms with Gasteiger partial charge in [-0.25, -0.2) is 0 Å². The Bertz CT molecular complexity index is 400. The van der Waals surface area contributed by atoms with E-state index in [0.717, 1.165) is 44.1 Å². The third-order valence-corrected chi connectivity index (χ3v) is 4.09. The second-order valence-electron chi connectivity index (χ2n) is 6.06. The summed E-state index contributed by atoms with van der Waals surface area (Å²) in [5.41, 5.74) is 7.05. The SMILES string of the molecule is CCCC(O)(CCC)CCc1cccc([C@@H](O)CCN)c1. The van der Waals surface area contributed by atoms with Gasteiger partial charge >= 0.3 is 0 Å². The molecule has 0 aromatic heterocycles. The zero-order valence-electron chi connectivity index (χ0n) is 13.5. The number of hydrogen-bond acceptors (Lipinski definition) is 3. The third kappa shape index (κ3) is 6.16. The van der Waals surface area contributed by atoms with Crippen molar-refractivity contribution in [2.24, 2.45) is 5.73 Å². The van der Waals surface area contributed by atoms with Gasteiger partial charge in [0, 0.05) is 0 Å². The van der Waals surface area contributed by atoms with E-state index in [-0.39, 0.29) is 0 Å². The van der Waals surface area contributed by atoms with Crippen LogP contribution in [0.3, 0.4) is 0 Å². The molecular formula is C18H31NO2. The molecule has 1 aromatic rings. The van der Waals surface area contributed by atoms with Gasteiger partial charge in [0.1, 0.15) is 0 Å². The van der Waals surface area contributed by atoms with Crippen molar-refractivity contribution < 1.29 is 10.2 Å². The third-order valence-electron chi connectivity index (χ3n) is 4.09. The molecule has 1 atom stereocenters. The highest BCUT2D eigenvalue weighted by Gasteiger charge is 2.24. The van der Waals surface area contributed by atoms with Crippen LogP contribution in [0.4, 0.5) is 0 Å². The van der Waals surface area contributed by atoms with Crippen LogP contribution in [-0.2, 0) is 6.42 Å². The van der Waals surface area contributed by atoms with Crippen LogP contribution >= 0.6 is 0 Å². The maximum Gasteiger partial charge on any atom is 0.0802 e. The molecule has 0 radical (unpaired) electrons. The van der Waals surface area contributed by atoms with Crippen molar-refractivity contribution >= 4 is 0 Å². The van der Waals surface area contributed by atoms with E-state index in [1.807, 2.05) is 18.2 Å². The Hall–Kier alpha value is -0.900. The van der Waals surface area contributed by atoms with Crippen LogP contribution in [0, 0.1) is 0 Å². The monoisotopic (exact) mass is 293 g/mol. The van der Waals surface area contributed by atoms with Gasteiger partial charge in [-0.15, -0.1) is 0 Å². The lowest BCUT2D eigenvalue weighted by atomic mass is 9.86. The first-order valence-corrected chi connectivity index (χ1v) is 8.24.